The van der Waals surface area contributed by atoms with Crippen LogP contribution in [0.4, 0.5) is 0 Å². The van der Waals surface area contributed by atoms with Crippen LogP contribution in [0, 0.1) is 6.92 Å². The average molecular weight is 166 g/mol. The Labute approximate surface area is 70.3 Å². The van der Waals surface area contributed by atoms with E-state index in [4.69, 9.17) is 10.2 Å². The Morgan fingerprint density at radius 2 is 2.17 bits per heavy atom. The minimum absolute atomic E-state index is 0.127. The van der Waals surface area contributed by atoms with Gasteiger partial charge in [-0.3, -0.25) is 4.79 Å². The lowest BCUT2D eigenvalue weighted by atomic mass is 10.1. The van der Waals surface area contributed by atoms with E-state index >= 15 is 0 Å². The number of carbonyl (C=O) groups is 1. The van der Waals surface area contributed by atoms with Gasteiger partial charge in [0.15, 0.2) is 5.78 Å². The molecule has 0 aromatic heterocycles. The number of benzene rings is 1. The number of aliphatic hydroxyl groups excluding tert-OH is 1. The number of aliphatic hydroxyl groups is 1. The van der Waals surface area contributed by atoms with Gasteiger partial charge in [0.2, 0.25) is 0 Å². The highest BCUT2D eigenvalue weighted by atomic mass is 16.3. The van der Waals surface area contributed by atoms with Crippen molar-refractivity contribution in [2.45, 2.75) is 6.92 Å². The van der Waals surface area contributed by atoms with Crippen LogP contribution in [0.1, 0.15) is 15.9 Å². The van der Waals surface area contributed by atoms with Gasteiger partial charge in [-0.05, 0) is 30.7 Å². The third kappa shape index (κ3) is 1.62. The van der Waals surface area contributed by atoms with Crippen LogP contribution in [0.3, 0.4) is 0 Å². The lowest BCUT2D eigenvalue weighted by Crippen LogP contribution is -2.05. The molecule has 0 aliphatic heterocycles. The topological polar surface area (TPSA) is 57.5 Å². The molecule has 12 heavy (non-hydrogen) atoms. The van der Waals surface area contributed by atoms with Gasteiger partial charge in [-0.25, -0.2) is 0 Å². The Balaban J connectivity index is 3.09. The molecule has 0 radical (unpaired) electrons. The van der Waals surface area contributed by atoms with Gasteiger partial charge in [0.05, 0.1) is 0 Å². The Bertz CT molecular complexity index is 305. The number of ketones is 1. The number of phenolic OH excluding ortho intramolecular Hbond substituents is 1. The van der Waals surface area contributed by atoms with E-state index in [1.54, 1.807) is 6.92 Å². The van der Waals surface area contributed by atoms with Crippen molar-refractivity contribution in [1.29, 1.82) is 0 Å². The van der Waals surface area contributed by atoms with Crippen molar-refractivity contribution in [2.75, 3.05) is 6.61 Å². The van der Waals surface area contributed by atoms with Gasteiger partial charge in [0.1, 0.15) is 12.4 Å². The smallest absolute Gasteiger partial charge is 0.188 e. The van der Waals surface area contributed by atoms with Crippen molar-refractivity contribution in [3.8, 4) is 5.75 Å². The monoisotopic (exact) mass is 166 g/mol. The molecule has 0 aliphatic rings. The number of aryl methyl sites for hydroxylation is 1. The number of aromatic hydroxyl groups is 1. The van der Waals surface area contributed by atoms with E-state index in [0.29, 0.717) is 11.1 Å². The van der Waals surface area contributed by atoms with Crippen molar-refractivity contribution in [3.05, 3.63) is 29.3 Å². The van der Waals surface area contributed by atoms with Crippen molar-refractivity contribution in [1.82, 2.24) is 0 Å². The summed E-state index contributed by atoms with van der Waals surface area (Å²) in [6.45, 7) is 1.22. The Morgan fingerprint density at radius 3 is 2.67 bits per heavy atom. The molecule has 0 saturated carbocycles. The zero-order valence-corrected chi connectivity index (χ0v) is 6.74. The first-order valence-electron chi connectivity index (χ1n) is 3.59. The first-order chi connectivity index (χ1) is 5.65. The maximum atomic E-state index is 11.0. The molecule has 0 fully saturated rings. The van der Waals surface area contributed by atoms with E-state index in [0.717, 1.165) is 0 Å². The molecule has 0 saturated heterocycles. The first-order valence-corrected chi connectivity index (χ1v) is 3.59. The molecule has 3 nitrogen and oxygen atoms in total. The van der Waals surface area contributed by atoms with Crippen LogP contribution < -0.4 is 0 Å². The van der Waals surface area contributed by atoms with Crippen molar-refractivity contribution in [2.24, 2.45) is 0 Å². The molecule has 0 spiro atoms. The minimum atomic E-state index is -0.494. The number of phenols is 1. The lowest BCUT2D eigenvalue weighted by molar-refractivity contribution is 0.0903. The summed E-state index contributed by atoms with van der Waals surface area (Å²) >= 11 is 0. The number of rotatable bonds is 2. The number of carbonyl (C=O) groups excluding carboxylic acids is 1. The van der Waals surface area contributed by atoms with Gasteiger partial charge in [0.25, 0.3) is 0 Å². The van der Waals surface area contributed by atoms with Gasteiger partial charge in [-0.2, -0.15) is 0 Å². The van der Waals surface area contributed by atoms with Crippen LogP contribution in [0.5, 0.6) is 5.75 Å². The summed E-state index contributed by atoms with van der Waals surface area (Å²) in [5.74, 6) is -0.200. The summed E-state index contributed by atoms with van der Waals surface area (Å²) in [4.78, 5) is 11.0. The average Bonchev–Trinajstić information content (AvgIpc) is 2.03. The van der Waals surface area contributed by atoms with Crippen LogP contribution in [-0.4, -0.2) is 22.6 Å². The molecular formula is C9H10O3. The quantitative estimate of drug-likeness (QED) is 0.641. The van der Waals surface area contributed by atoms with Crippen LogP contribution in [0.15, 0.2) is 18.2 Å². The predicted molar refractivity (Wildman–Crippen MR) is 44.3 cm³/mol. The molecule has 1 aromatic carbocycles. The number of Topliss-reactive ketones (excluding diaryl/α,β-unsaturated/α-hetero) is 1. The largest absolute Gasteiger partial charge is 0.508 e. The second-order valence-corrected chi connectivity index (χ2v) is 2.58. The second kappa shape index (κ2) is 3.36. The summed E-state index contributed by atoms with van der Waals surface area (Å²) in [5.41, 5.74) is 1.13. The highest BCUT2D eigenvalue weighted by molar-refractivity contribution is 5.98. The van der Waals surface area contributed by atoms with Gasteiger partial charge < -0.3 is 10.2 Å². The molecule has 0 unspecified atom stereocenters. The normalized spacial score (nSPS) is 9.83. The Morgan fingerprint density at radius 1 is 1.50 bits per heavy atom. The summed E-state index contributed by atoms with van der Waals surface area (Å²) < 4.78 is 0. The van der Waals surface area contributed by atoms with Crippen LogP contribution in [-0.2, 0) is 0 Å². The van der Waals surface area contributed by atoms with Crippen LogP contribution >= 0.6 is 0 Å². The molecule has 0 bridgehead atoms. The standard InChI is InChI=1S/C9H10O3/c1-6-4-7(11)2-3-8(6)9(12)5-10/h2-4,10-11H,5H2,1H3. The summed E-state index contributed by atoms with van der Waals surface area (Å²) in [6.07, 6.45) is 0. The molecule has 0 aliphatic carbocycles. The Hall–Kier alpha value is -1.35. The van der Waals surface area contributed by atoms with E-state index in [2.05, 4.69) is 0 Å². The highest BCUT2D eigenvalue weighted by Gasteiger charge is 2.06. The van der Waals surface area contributed by atoms with Crippen LogP contribution in [0.2, 0.25) is 0 Å². The molecule has 0 amide bonds. The molecule has 1 rings (SSSR count). The lowest BCUT2D eigenvalue weighted by Gasteiger charge is -2.02. The zero-order valence-electron chi connectivity index (χ0n) is 6.74. The molecule has 1 aromatic rings. The minimum Gasteiger partial charge on any atom is -0.508 e. The number of hydrogen-bond acceptors (Lipinski definition) is 3. The van der Waals surface area contributed by atoms with Gasteiger partial charge >= 0.3 is 0 Å². The van der Waals surface area contributed by atoms with Crippen molar-refractivity contribution >= 4 is 5.78 Å². The van der Waals surface area contributed by atoms with E-state index < -0.39 is 6.61 Å². The SMILES string of the molecule is Cc1cc(O)ccc1C(=O)CO. The fourth-order valence-corrected chi connectivity index (χ4v) is 1.05. The molecule has 64 valence electrons. The summed E-state index contributed by atoms with van der Waals surface area (Å²) in [5, 5.41) is 17.6. The fourth-order valence-electron chi connectivity index (χ4n) is 1.05. The first kappa shape index (κ1) is 8.74. The Kier molecular flexibility index (Phi) is 2.45. The molecule has 2 N–H and O–H groups in total. The van der Waals surface area contributed by atoms with Crippen molar-refractivity contribution in [3.63, 3.8) is 0 Å². The highest BCUT2D eigenvalue weighted by Crippen LogP contribution is 2.15. The van der Waals surface area contributed by atoms with Gasteiger partial charge in [-0.1, -0.05) is 0 Å². The second-order valence-electron chi connectivity index (χ2n) is 2.58. The molecular weight excluding hydrogens is 156 g/mol. The third-order valence-electron chi connectivity index (χ3n) is 1.65. The molecule has 0 heterocycles. The maximum Gasteiger partial charge on any atom is 0.188 e. The van der Waals surface area contributed by atoms with Crippen LogP contribution in [0.25, 0.3) is 0 Å². The molecule has 3 heteroatoms. The molecule has 0 atom stereocenters. The third-order valence-corrected chi connectivity index (χ3v) is 1.65. The van der Waals surface area contributed by atoms with E-state index in [1.165, 1.54) is 18.2 Å². The van der Waals surface area contributed by atoms with E-state index in [9.17, 15) is 4.79 Å². The zero-order chi connectivity index (χ0) is 9.14. The van der Waals surface area contributed by atoms with Gasteiger partial charge in [-0.15, -0.1) is 0 Å². The van der Waals surface area contributed by atoms with Gasteiger partial charge in [0, 0.05) is 5.56 Å². The van der Waals surface area contributed by atoms with E-state index in [-0.39, 0.29) is 11.5 Å². The fraction of sp³-hybridized carbons (Fsp3) is 0.222. The maximum absolute atomic E-state index is 11.0. The van der Waals surface area contributed by atoms with E-state index in [1.807, 2.05) is 0 Å². The predicted octanol–water partition coefficient (Wildman–Crippen LogP) is 0.876. The summed E-state index contributed by atoms with van der Waals surface area (Å²) in [6, 6.07) is 4.42. The summed E-state index contributed by atoms with van der Waals surface area (Å²) in [7, 11) is 0. The number of hydrogen-bond donors (Lipinski definition) is 2. The van der Waals surface area contributed by atoms with Crippen molar-refractivity contribution < 1.29 is 15.0 Å².